The standard InChI is InChI=1S/C14H9F5N2O2S/c1-7-20-9(6-24-7)5-21-10-4-8(13(15,16)17)2-3-11(10)23-14(18,19)12(21)22/h2-4,6H,5H2,1H3. The van der Waals surface area contributed by atoms with E-state index < -0.39 is 29.5 Å². The molecule has 0 saturated heterocycles. The van der Waals surface area contributed by atoms with E-state index in [-0.39, 0.29) is 12.2 Å². The summed E-state index contributed by atoms with van der Waals surface area (Å²) in [7, 11) is 0. The first-order valence-corrected chi connectivity index (χ1v) is 7.47. The third-order valence-electron chi connectivity index (χ3n) is 3.30. The van der Waals surface area contributed by atoms with Gasteiger partial charge in [-0.3, -0.25) is 9.69 Å². The van der Waals surface area contributed by atoms with Crippen LogP contribution >= 0.6 is 11.3 Å². The number of fused-ring (bicyclic) bond motifs is 1. The lowest BCUT2D eigenvalue weighted by molar-refractivity contribution is -0.193. The minimum Gasteiger partial charge on any atom is -0.423 e. The number of benzene rings is 1. The molecular formula is C14H9F5N2O2S. The average Bonchev–Trinajstić information content (AvgIpc) is 2.87. The summed E-state index contributed by atoms with van der Waals surface area (Å²) in [5, 5.41) is 2.19. The van der Waals surface area contributed by atoms with Crippen LogP contribution in [-0.2, 0) is 17.5 Å². The molecule has 1 aromatic carbocycles. The number of alkyl halides is 5. The van der Waals surface area contributed by atoms with Gasteiger partial charge in [0.2, 0.25) is 0 Å². The average molecular weight is 364 g/mol. The zero-order valence-electron chi connectivity index (χ0n) is 12.0. The van der Waals surface area contributed by atoms with Crippen molar-refractivity contribution < 1.29 is 31.5 Å². The van der Waals surface area contributed by atoms with Gasteiger partial charge in [-0.1, -0.05) is 0 Å². The minimum atomic E-state index is -4.68. The number of aryl methyl sites for hydroxylation is 1. The zero-order chi connectivity index (χ0) is 17.7. The molecule has 0 radical (unpaired) electrons. The monoisotopic (exact) mass is 364 g/mol. The molecule has 0 N–H and O–H groups in total. The molecule has 1 amide bonds. The lowest BCUT2D eigenvalue weighted by Gasteiger charge is -2.33. The molecule has 0 fully saturated rings. The highest BCUT2D eigenvalue weighted by atomic mass is 32.1. The fourth-order valence-electron chi connectivity index (χ4n) is 2.24. The van der Waals surface area contributed by atoms with Crippen molar-refractivity contribution in [2.24, 2.45) is 0 Å². The predicted octanol–water partition coefficient (Wildman–Crippen LogP) is 3.99. The summed E-state index contributed by atoms with van der Waals surface area (Å²) in [5.41, 5.74) is -1.14. The second-order valence-electron chi connectivity index (χ2n) is 5.05. The third-order valence-corrected chi connectivity index (χ3v) is 4.12. The highest BCUT2D eigenvalue weighted by Gasteiger charge is 2.51. The van der Waals surface area contributed by atoms with E-state index in [0.29, 0.717) is 27.7 Å². The highest BCUT2D eigenvalue weighted by Crippen LogP contribution is 2.43. The van der Waals surface area contributed by atoms with Gasteiger partial charge in [0.05, 0.1) is 28.5 Å². The van der Waals surface area contributed by atoms with Crippen LogP contribution in [0.4, 0.5) is 27.6 Å². The van der Waals surface area contributed by atoms with E-state index in [1.165, 1.54) is 11.3 Å². The number of hydrogen-bond acceptors (Lipinski definition) is 4. The molecule has 0 aliphatic carbocycles. The second kappa shape index (κ2) is 5.40. The van der Waals surface area contributed by atoms with E-state index >= 15 is 0 Å². The normalized spacial score (nSPS) is 16.8. The van der Waals surface area contributed by atoms with Crippen LogP contribution in [0, 0.1) is 6.92 Å². The fourth-order valence-corrected chi connectivity index (χ4v) is 2.84. The van der Waals surface area contributed by atoms with Crippen molar-refractivity contribution in [2.75, 3.05) is 4.90 Å². The Morgan fingerprint density at radius 3 is 2.62 bits per heavy atom. The predicted molar refractivity (Wildman–Crippen MR) is 75.1 cm³/mol. The number of rotatable bonds is 2. The molecule has 10 heteroatoms. The third kappa shape index (κ3) is 2.93. The summed E-state index contributed by atoms with van der Waals surface area (Å²) in [5.74, 6) is -2.24. The summed E-state index contributed by atoms with van der Waals surface area (Å²) in [4.78, 5) is 16.5. The molecule has 0 bridgehead atoms. The Kier molecular flexibility index (Phi) is 3.74. The van der Waals surface area contributed by atoms with Crippen molar-refractivity contribution >= 4 is 22.9 Å². The molecule has 2 heterocycles. The highest BCUT2D eigenvalue weighted by molar-refractivity contribution is 7.09. The Labute approximate surface area is 136 Å². The summed E-state index contributed by atoms with van der Waals surface area (Å²) in [6.07, 6.45) is -8.83. The van der Waals surface area contributed by atoms with Gasteiger partial charge in [0.25, 0.3) is 0 Å². The Balaban J connectivity index is 2.07. The summed E-state index contributed by atoms with van der Waals surface area (Å²) in [6.45, 7) is 1.30. The summed E-state index contributed by atoms with van der Waals surface area (Å²) >= 11 is 1.23. The topological polar surface area (TPSA) is 42.4 Å². The maximum Gasteiger partial charge on any atom is 0.482 e. The van der Waals surface area contributed by atoms with Crippen LogP contribution in [0.1, 0.15) is 16.3 Å². The van der Waals surface area contributed by atoms with Crippen molar-refractivity contribution in [1.82, 2.24) is 4.98 Å². The number of carbonyl (C=O) groups is 1. The van der Waals surface area contributed by atoms with Gasteiger partial charge in [0.1, 0.15) is 0 Å². The quantitative estimate of drug-likeness (QED) is 0.757. The van der Waals surface area contributed by atoms with E-state index in [4.69, 9.17) is 0 Å². The van der Waals surface area contributed by atoms with Crippen molar-refractivity contribution in [3.05, 3.63) is 39.8 Å². The number of halogens is 5. The number of aromatic nitrogens is 1. The van der Waals surface area contributed by atoms with Gasteiger partial charge < -0.3 is 4.74 Å². The first-order valence-electron chi connectivity index (χ1n) is 6.59. The van der Waals surface area contributed by atoms with Crippen LogP contribution in [0.15, 0.2) is 23.6 Å². The number of ether oxygens (including phenoxy) is 1. The van der Waals surface area contributed by atoms with Crippen LogP contribution in [0.5, 0.6) is 5.75 Å². The molecule has 1 aromatic heterocycles. The van der Waals surface area contributed by atoms with E-state index in [1.54, 1.807) is 12.3 Å². The van der Waals surface area contributed by atoms with Gasteiger partial charge in [-0.15, -0.1) is 11.3 Å². The molecule has 0 unspecified atom stereocenters. The molecular weight excluding hydrogens is 355 g/mol. The van der Waals surface area contributed by atoms with E-state index in [2.05, 4.69) is 9.72 Å². The van der Waals surface area contributed by atoms with Crippen LogP contribution in [-0.4, -0.2) is 17.0 Å². The van der Waals surface area contributed by atoms with Crippen LogP contribution in [0.25, 0.3) is 0 Å². The number of amides is 1. The Bertz CT molecular complexity index is 803. The molecule has 24 heavy (non-hydrogen) atoms. The lowest BCUT2D eigenvalue weighted by atomic mass is 10.1. The van der Waals surface area contributed by atoms with E-state index in [0.717, 1.165) is 6.07 Å². The Hall–Kier alpha value is -2.23. The molecule has 128 valence electrons. The van der Waals surface area contributed by atoms with Crippen LogP contribution in [0.2, 0.25) is 0 Å². The number of anilines is 1. The van der Waals surface area contributed by atoms with Gasteiger partial charge in [0, 0.05) is 5.38 Å². The number of carbonyl (C=O) groups excluding carboxylic acids is 1. The maximum absolute atomic E-state index is 13.7. The zero-order valence-corrected chi connectivity index (χ0v) is 12.8. The second-order valence-corrected chi connectivity index (χ2v) is 6.11. The molecule has 1 aliphatic rings. The fraction of sp³-hybridized carbons (Fsp3) is 0.286. The number of nitrogens with zero attached hydrogens (tertiary/aromatic N) is 2. The Morgan fingerprint density at radius 2 is 2.04 bits per heavy atom. The van der Waals surface area contributed by atoms with Crippen molar-refractivity contribution in [2.45, 2.75) is 25.8 Å². The molecule has 3 rings (SSSR count). The van der Waals surface area contributed by atoms with Gasteiger partial charge in [-0.25, -0.2) is 4.98 Å². The molecule has 0 atom stereocenters. The lowest BCUT2D eigenvalue weighted by Crippen LogP contribution is -2.50. The van der Waals surface area contributed by atoms with Crippen LogP contribution < -0.4 is 9.64 Å². The van der Waals surface area contributed by atoms with Crippen molar-refractivity contribution in [3.63, 3.8) is 0 Å². The minimum absolute atomic E-state index is 0.298. The first-order chi connectivity index (χ1) is 11.1. The van der Waals surface area contributed by atoms with Gasteiger partial charge in [-0.05, 0) is 25.1 Å². The SMILES string of the molecule is Cc1nc(CN2C(=O)C(F)(F)Oc3ccc(C(F)(F)F)cc32)cs1. The molecule has 2 aromatic rings. The summed E-state index contributed by atoms with van der Waals surface area (Å²) < 4.78 is 70.3. The van der Waals surface area contributed by atoms with Crippen LogP contribution in [0.3, 0.4) is 0 Å². The van der Waals surface area contributed by atoms with Crippen molar-refractivity contribution in [1.29, 1.82) is 0 Å². The van der Waals surface area contributed by atoms with Gasteiger partial charge in [-0.2, -0.15) is 22.0 Å². The Morgan fingerprint density at radius 1 is 1.33 bits per heavy atom. The molecule has 4 nitrogen and oxygen atoms in total. The molecule has 0 spiro atoms. The number of thiazole rings is 1. The summed E-state index contributed by atoms with van der Waals surface area (Å²) in [6, 6.07) is 2.01. The van der Waals surface area contributed by atoms with Gasteiger partial charge in [0.15, 0.2) is 5.75 Å². The first kappa shape index (κ1) is 16.6. The number of hydrogen-bond donors (Lipinski definition) is 0. The molecule has 0 saturated carbocycles. The largest absolute Gasteiger partial charge is 0.482 e. The smallest absolute Gasteiger partial charge is 0.423 e. The van der Waals surface area contributed by atoms with Gasteiger partial charge >= 0.3 is 18.2 Å². The van der Waals surface area contributed by atoms with E-state index in [1.807, 2.05) is 0 Å². The molecule has 1 aliphatic heterocycles. The van der Waals surface area contributed by atoms with E-state index in [9.17, 15) is 26.7 Å². The maximum atomic E-state index is 13.7. The van der Waals surface area contributed by atoms with Crippen molar-refractivity contribution in [3.8, 4) is 5.75 Å².